The van der Waals surface area contributed by atoms with E-state index in [1.54, 1.807) is 6.07 Å². The van der Waals surface area contributed by atoms with E-state index in [1.165, 1.54) is 13.1 Å². The average Bonchev–Trinajstić information content (AvgIpc) is 2.44. The van der Waals surface area contributed by atoms with Crippen molar-refractivity contribution in [3.63, 3.8) is 0 Å². The summed E-state index contributed by atoms with van der Waals surface area (Å²) in [6.45, 7) is 0.879. The summed E-state index contributed by atoms with van der Waals surface area (Å²) in [5.74, 6) is -1.24. The molecule has 1 aliphatic rings. The molecule has 21 heavy (non-hydrogen) atoms. The predicted octanol–water partition coefficient (Wildman–Crippen LogP) is -2.40. The molecule has 1 aliphatic heterocycles. The summed E-state index contributed by atoms with van der Waals surface area (Å²) < 4.78 is 6.22. The monoisotopic (exact) mass is 297 g/mol. The van der Waals surface area contributed by atoms with Crippen LogP contribution < -0.4 is 11.2 Å². The number of nitrogens with zero attached hydrogens (tertiary/aromatic N) is 2. The molecule has 1 saturated heterocycles. The van der Waals surface area contributed by atoms with Gasteiger partial charge in [-0.15, -0.1) is 0 Å². The molecule has 9 nitrogen and oxygen atoms in total. The lowest BCUT2D eigenvalue weighted by Crippen LogP contribution is -2.54. The van der Waals surface area contributed by atoms with Crippen LogP contribution in [0.4, 0.5) is 0 Å². The Hall–Kier alpha value is -1.99. The summed E-state index contributed by atoms with van der Waals surface area (Å²) >= 11 is 0. The number of aryl methyl sites for hydroxylation is 1. The fourth-order valence-corrected chi connectivity index (χ4v) is 2.26. The van der Waals surface area contributed by atoms with Gasteiger partial charge in [0.2, 0.25) is 0 Å². The Bertz CT molecular complexity index is 675. The molecule has 9 heteroatoms. The highest BCUT2D eigenvalue weighted by Crippen LogP contribution is 2.31. The van der Waals surface area contributed by atoms with Gasteiger partial charge in [0, 0.05) is 11.8 Å². The molecule has 0 radical (unpaired) electrons. The van der Waals surface area contributed by atoms with E-state index < -0.39 is 48.3 Å². The second kappa shape index (κ2) is 5.79. The zero-order valence-corrected chi connectivity index (χ0v) is 11.1. The number of nitrogens with one attached hydrogen (secondary N) is 1. The molecule has 1 fully saturated rings. The SMILES string of the molecule is Cc1cn([C@@H]2O[C@H](CO)[C@@H](O)[C@@H](C#N)[C@H]2O)c(=O)[nH]c1=O. The number of hydrogen-bond donors (Lipinski definition) is 4. The molecule has 5 atom stereocenters. The van der Waals surface area contributed by atoms with E-state index in [-0.39, 0.29) is 5.56 Å². The highest BCUT2D eigenvalue weighted by atomic mass is 16.5. The number of hydrogen-bond acceptors (Lipinski definition) is 7. The van der Waals surface area contributed by atoms with Crippen molar-refractivity contribution in [1.29, 1.82) is 5.26 Å². The van der Waals surface area contributed by atoms with Crippen molar-refractivity contribution in [2.24, 2.45) is 5.92 Å². The minimum atomic E-state index is -1.49. The van der Waals surface area contributed by atoms with E-state index in [0.29, 0.717) is 0 Å². The fraction of sp³-hybridized carbons (Fsp3) is 0.583. The lowest BCUT2D eigenvalue weighted by Gasteiger charge is -2.39. The second-order valence-corrected chi connectivity index (χ2v) is 4.86. The molecule has 1 aromatic rings. The van der Waals surface area contributed by atoms with Gasteiger partial charge in [0.15, 0.2) is 6.23 Å². The van der Waals surface area contributed by atoms with Crippen LogP contribution in [0.25, 0.3) is 0 Å². The van der Waals surface area contributed by atoms with Crippen molar-refractivity contribution in [2.45, 2.75) is 31.5 Å². The van der Waals surface area contributed by atoms with Crippen LogP contribution in [0.2, 0.25) is 0 Å². The lowest BCUT2D eigenvalue weighted by atomic mass is 9.89. The first-order valence-corrected chi connectivity index (χ1v) is 6.24. The lowest BCUT2D eigenvalue weighted by molar-refractivity contribution is -0.224. The quantitative estimate of drug-likeness (QED) is 0.475. The van der Waals surface area contributed by atoms with Gasteiger partial charge in [-0.2, -0.15) is 5.26 Å². The van der Waals surface area contributed by atoms with Crippen LogP contribution in [0, 0.1) is 24.2 Å². The average molecular weight is 297 g/mol. The topological polar surface area (TPSA) is 149 Å². The Morgan fingerprint density at radius 2 is 2.10 bits per heavy atom. The Morgan fingerprint density at radius 3 is 2.67 bits per heavy atom. The van der Waals surface area contributed by atoms with Gasteiger partial charge in [-0.1, -0.05) is 0 Å². The van der Waals surface area contributed by atoms with Gasteiger partial charge in [-0.3, -0.25) is 14.3 Å². The zero-order valence-electron chi connectivity index (χ0n) is 11.1. The highest BCUT2D eigenvalue weighted by molar-refractivity contribution is 5.05. The molecule has 114 valence electrons. The van der Waals surface area contributed by atoms with E-state index in [4.69, 9.17) is 10.00 Å². The molecule has 4 N–H and O–H groups in total. The van der Waals surface area contributed by atoms with E-state index in [9.17, 15) is 24.9 Å². The van der Waals surface area contributed by atoms with Crippen LogP contribution in [0.3, 0.4) is 0 Å². The van der Waals surface area contributed by atoms with Crippen LogP contribution in [-0.2, 0) is 4.74 Å². The van der Waals surface area contributed by atoms with Crippen LogP contribution in [-0.4, -0.2) is 49.8 Å². The molecule has 0 saturated carbocycles. The number of rotatable bonds is 2. The molecule has 0 aromatic carbocycles. The highest BCUT2D eigenvalue weighted by Gasteiger charge is 2.45. The number of aliphatic hydroxyl groups excluding tert-OH is 3. The van der Waals surface area contributed by atoms with Gasteiger partial charge >= 0.3 is 5.69 Å². The third kappa shape index (κ3) is 2.62. The van der Waals surface area contributed by atoms with Crippen molar-refractivity contribution in [1.82, 2.24) is 9.55 Å². The van der Waals surface area contributed by atoms with Crippen LogP contribution in [0.1, 0.15) is 11.8 Å². The van der Waals surface area contributed by atoms with Crippen molar-refractivity contribution >= 4 is 0 Å². The van der Waals surface area contributed by atoms with E-state index in [0.717, 1.165) is 4.57 Å². The summed E-state index contributed by atoms with van der Waals surface area (Å²) in [7, 11) is 0. The number of aliphatic hydroxyl groups is 3. The summed E-state index contributed by atoms with van der Waals surface area (Å²) in [4.78, 5) is 25.2. The molecular weight excluding hydrogens is 282 g/mol. The van der Waals surface area contributed by atoms with Gasteiger partial charge < -0.3 is 20.1 Å². The molecule has 2 heterocycles. The first kappa shape index (κ1) is 15.4. The van der Waals surface area contributed by atoms with Gasteiger partial charge in [-0.05, 0) is 6.92 Å². The van der Waals surface area contributed by atoms with E-state index in [1.807, 2.05) is 0 Å². The molecule has 0 unspecified atom stereocenters. The molecule has 0 spiro atoms. The molecule has 2 rings (SSSR count). The summed E-state index contributed by atoms with van der Waals surface area (Å²) in [6, 6.07) is 1.73. The maximum absolute atomic E-state index is 11.8. The molecule has 0 amide bonds. The summed E-state index contributed by atoms with van der Waals surface area (Å²) in [6.07, 6.45) is -4.10. The van der Waals surface area contributed by atoms with Gasteiger partial charge in [0.1, 0.15) is 24.2 Å². The third-order valence-electron chi connectivity index (χ3n) is 3.47. The number of aromatic amines is 1. The van der Waals surface area contributed by atoms with E-state index >= 15 is 0 Å². The summed E-state index contributed by atoms with van der Waals surface area (Å²) in [5, 5.41) is 38.1. The number of H-pyrrole nitrogens is 1. The van der Waals surface area contributed by atoms with Gasteiger partial charge in [0.05, 0.1) is 12.7 Å². The van der Waals surface area contributed by atoms with Crippen LogP contribution in [0.5, 0.6) is 0 Å². The number of ether oxygens (including phenoxy) is 1. The van der Waals surface area contributed by atoms with Crippen molar-refractivity contribution in [3.8, 4) is 6.07 Å². The second-order valence-electron chi connectivity index (χ2n) is 4.86. The third-order valence-corrected chi connectivity index (χ3v) is 3.47. The zero-order chi connectivity index (χ0) is 15.7. The normalized spacial score (nSPS) is 32.6. The van der Waals surface area contributed by atoms with Crippen molar-refractivity contribution in [3.05, 3.63) is 32.6 Å². The minimum Gasteiger partial charge on any atom is -0.394 e. The first-order valence-electron chi connectivity index (χ1n) is 6.24. The molecule has 0 aliphatic carbocycles. The molecule has 1 aromatic heterocycles. The Labute approximate surface area is 118 Å². The minimum absolute atomic E-state index is 0.213. The summed E-state index contributed by atoms with van der Waals surface area (Å²) in [5.41, 5.74) is -1.18. The van der Waals surface area contributed by atoms with Gasteiger partial charge in [0.25, 0.3) is 5.56 Å². The van der Waals surface area contributed by atoms with Crippen LogP contribution >= 0.6 is 0 Å². The Kier molecular flexibility index (Phi) is 4.24. The number of nitriles is 1. The first-order chi connectivity index (χ1) is 9.90. The molecular formula is C12H15N3O6. The van der Waals surface area contributed by atoms with Crippen molar-refractivity contribution < 1.29 is 20.1 Å². The largest absolute Gasteiger partial charge is 0.394 e. The predicted molar refractivity (Wildman–Crippen MR) is 68.2 cm³/mol. The number of aromatic nitrogens is 2. The van der Waals surface area contributed by atoms with E-state index in [2.05, 4.69) is 4.98 Å². The standard InChI is InChI=1S/C12H15N3O6/c1-5-3-15(12(20)14-10(5)19)11-9(18)6(2-13)8(17)7(4-16)21-11/h3,6-9,11,16-18H,4H2,1H3,(H,14,19,20)/t6-,7-,8+,9-,11-/m1/s1. The fourth-order valence-electron chi connectivity index (χ4n) is 2.26. The molecule has 0 bridgehead atoms. The maximum atomic E-state index is 11.8. The Morgan fingerprint density at radius 1 is 1.43 bits per heavy atom. The van der Waals surface area contributed by atoms with Crippen molar-refractivity contribution in [2.75, 3.05) is 6.61 Å². The smallest absolute Gasteiger partial charge is 0.330 e. The maximum Gasteiger partial charge on any atom is 0.330 e. The van der Waals surface area contributed by atoms with Crippen LogP contribution in [0.15, 0.2) is 15.8 Å². The van der Waals surface area contributed by atoms with Gasteiger partial charge in [-0.25, -0.2) is 4.79 Å². The Balaban J connectivity index is 2.48.